The van der Waals surface area contributed by atoms with E-state index in [1.54, 1.807) is 0 Å². The average molecular weight is 190 g/mol. The van der Waals surface area contributed by atoms with Gasteiger partial charge >= 0.3 is 5.92 Å². The van der Waals surface area contributed by atoms with Crippen LogP contribution >= 0.6 is 0 Å². The maximum Gasteiger partial charge on any atom is 0.309 e. The van der Waals surface area contributed by atoms with Crippen LogP contribution in [0.2, 0.25) is 0 Å². The van der Waals surface area contributed by atoms with Crippen molar-refractivity contribution in [3.05, 3.63) is 0 Å². The molecule has 2 atom stereocenters. The first kappa shape index (κ1) is 11.6. The van der Waals surface area contributed by atoms with Crippen molar-refractivity contribution in [1.82, 2.24) is 0 Å². The van der Waals surface area contributed by atoms with Gasteiger partial charge in [0.05, 0.1) is 6.67 Å². The van der Waals surface area contributed by atoms with Crippen LogP contribution in [0, 0.1) is 0 Å². The fraction of sp³-hybridized carbons (Fsp3) is 1.00. The maximum absolute atomic E-state index is 12.5. The lowest BCUT2D eigenvalue weighted by Crippen LogP contribution is -2.39. The van der Waals surface area contributed by atoms with Crippen molar-refractivity contribution in [2.75, 3.05) is 6.67 Å². The van der Waals surface area contributed by atoms with Gasteiger partial charge in [0.15, 0.2) is 12.3 Å². The van der Waals surface area contributed by atoms with Gasteiger partial charge in [0.25, 0.3) is 0 Å². The van der Waals surface area contributed by atoms with Crippen molar-refractivity contribution in [2.24, 2.45) is 0 Å². The Morgan fingerprint density at radius 3 is 2.00 bits per heavy atom. The molecule has 12 heavy (non-hydrogen) atoms. The summed E-state index contributed by atoms with van der Waals surface area (Å²) >= 11 is 0. The van der Waals surface area contributed by atoms with Crippen molar-refractivity contribution in [3.63, 3.8) is 0 Å². The lowest BCUT2D eigenvalue weighted by molar-refractivity contribution is -0.130. The third-order valence-electron chi connectivity index (χ3n) is 1.56. The molecule has 0 heterocycles. The molecule has 0 fully saturated rings. The minimum Gasteiger partial charge on any atom is -0.251 e. The van der Waals surface area contributed by atoms with Crippen LogP contribution in [-0.2, 0) is 0 Å². The quantitative estimate of drug-likeness (QED) is 0.584. The van der Waals surface area contributed by atoms with Gasteiger partial charge in [-0.3, -0.25) is 4.39 Å². The van der Waals surface area contributed by atoms with Crippen LogP contribution in [0.25, 0.3) is 0 Å². The molecule has 0 aromatic rings. The summed E-state index contributed by atoms with van der Waals surface area (Å²) in [5.41, 5.74) is 0. The third kappa shape index (κ3) is 2.60. The van der Waals surface area contributed by atoms with Gasteiger partial charge in [0.2, 0.25) is 0 Å². The molecule has 0 radical (unpaired) electrons. The van der Waals surface area contributed by atoms with E-state index in [2.05, 4.69) is 0 Å². The highest BCUT2D eigenvalue weighted by molar-refractivity contribution is 4.83. The van der Waals surface area contributed by atoms with Crippen molar-refractivity contribution >= 4 is 0 Å². The molecule has 0 rings (SSSR count). The van der Waals surface area contributed by atoms with Gasteiger partial charge < -0.3 is 0 Å². The Bertz CT molecular complexity index is 125. The second-order valence-corrected chi connectivity index (χ2v) is 2.50. The first-order valence-electron chi connectivity index (χ1n) is 3.68. The Hall–Kier alpha value is -0.350. The Labute approximate surface area is 67.8 Å². The van der Waals surface area contributed by atoms with E-state index >= 15 is 0 Å². The van der Waals surface area contributed by atoms with Gasteiger partial charge in [-0.25, -0.2) is 17.6 Å². The second kappa shape index (κ2) is 4.62. The SMILES string of the molecule is CCC(F)C(F)(F)[C@@H](F)CCF. The molecule has 0 saturated carbocycles. The smallest absolute Gasteiger partial charge is 0.251 e. The molecule has 0 spiro atoms. The zero-order chi connectivity index (χ0) is 9.78. The summed E-state index contributed by atoms with van der Waals surface area (Å²) in [6, 6.07) is 0. The van der Waals surface area contributed by atoms with Crippen LogP contribution in [0.1, 0.15) is 19.8 Å². The summed E-state index contributed by atoms with van der Waals surface area (Å²) in [7, 11) is 0. The third-order valence-corrected chi connectivity index (χ3v) is 1.56. The topological polar surface area (TPSA) is 0 Å². The van der Waals surface area contributed by atoms with E-state index < -0.39 is 37.8 Å². The molecule has 0 aromatic carbocycles. The van der Waals surface area contributed by atoms with Crippen molar-refractivity contribution in [3.8, 4) is 0 Å². The molecule has 1 unspecified atom stereocenters. The molecule has 5 heteroatoms. The number of rotatable bonds is 5. The van der Waals surface area contributed by atoms with Gasteiger partial charge in [0.1, 0.15) is 0 Å². The second-order valence-electron chi connectivity index (χ2n) is 2.50. The van der Waals surface area contributed by atoms with E-state index in [0.717, 1.165) is 0 Å². The zero-order valence-electron chi connectivity index (χ0n) is 6.67. The molecule has 0 aromatic heterocycles. The molecule has 0 bridgehead atoms. The van der Waals surface area contributed by atoms with Crippen LogP contribution in [0.15, 0.2) is 0 Å². The van der Waals surface area contributed by atoms with Crippen molar-refractivity contribution in [1.29, 1.82) is 0 Å². The van der Waals surface area contributed by atoms with Gasteiger partial charge in [0, 0.05) is 6.42 Å². The van der Waals surface area contributed by atoms with Gasteiger partial charge in [-0.1, -0.05) is 6.92 Å². The summed E-state index contributed by atoms with van der Waals surface area (Å²) in [6.45, 7) is -0.0199. The van der Waals surface area contributed by atoms with Crippen molar-refractivity contribution < 1.29 is 22.0 Å². The molecular weight excluding hydrogens is 179 g/mol. The van der Waals surface area contributed by atoms with Crippen LogP contribution in [-0.4, -0.2) is 24.9 Å². The van der Waals surface area contributed by atoms with E-state index in [1.807, 2.05) is 0 Å². The molecule has 0 aliphatic carbocycles. The highest BCUT2D eigenvalue weighted by atomic mass is 19.3. The summed E-state index contributed by atoms with van der Waals surface area (Å²) in [5.74, 6) is -4.05. The Morgan fingerprint density at radius 1 is 1.17 bits per heavy atom. The number of hydrogen-bond acceptors (Lipinski definition) is 0. The predicted molar refractivity (Wildman–Crippen MR) is 35.6 cm³/mol. The van der Waals surface area contributed by atoms with E-state index in [4.69, 9.17) is 0 Å². The first-order chi connectivity index (χ1) is 5.46. The minimum atomic E-state index is -4.05. The summed E-state index contributed by atoms with van der Waals surface area (Å²) in [5, 5.41) is 0. The standard InChI is InChI=1S/C7H11F5/c1-2-5(9)7(11,12)6(10)3-4-8/h5-6H,2-4H2,1H3/t5?,6-/m0/s1. The zero-order valence-corrected chi connectivity index (χ0v) is 6.67. The van der Waals surface area contributed by atoms with Gasteiger partial charge in [-0.2, -0.15) is 0 Å². The minimum absolute atomic E-state index is 0.473. The normalized spacial score (nSPS) is 17.5. The Morgan fingerprint density at radius 2 is 1.67 bits per heavy atom. The average Bonchev–Trinajstić information content (AvgIpc) is 2.03. The lowest BCUT2D eigenvalue weighted by Gasteiger charge is -2.22. The molecule has 0 aliphatic rings. The van der Waals surface area contributed by atoms with E-state index in [-0.39, 0.29) is 0 Å². The molecule has 0 amide bonds. The summed E-state index contributed by atoms with van der Waals surface area (Å²) < 4.78 is 61.2. The van der Waals surface area contributed by atoms with Crippen LogP contribution in [0.5, 0.6) is 0 Å². The Balaban J connectivity index is 4.16. The molecule has 0 N–H and O–H groups in total. The highest BCUT2D eigenvalue weighted by Crippen LogP contribution is 2.31. The lowest BCUT2D eigenvalue weighted by atomic mass is 10.1. The first-order valence-corrected chi connectivity index (χ1v) is 3.68. The maximum atomic E-state index is 12.5. The molecule has 0 nitrogen and oxygen atoms in total. The van der Waals surface area contributed by atoms with Crippen LogP contribution < -0.4 is 0 Å². The fourth-order valence-corrected chi connectivity index (χ4v) is 0.757. The largest absolute Gasteiger partial charge is 0.309 e. The number of alkyl halides is 5. The summed E-state index contributed by atoms with van der Waals surface area (Å²) in [4.78, 5) is 0. The van der Waals surface area contributed by atoms with E-state index in [9.17, 15) is 22.0 Å². The number of hydrogen-bond donors (Lipinski definition) is 0. The van der Waals surface area contributed by atoms with Crippen LogP contribution in [0.3, 0.4) is 0 Å². The summed E-state index contributed by atoms with van der Waals surface area (Å²) in [6.07, 6.45) is -6.68. The molecule has 0 aliphatic heterocycles. The molecular formula is C7H11F5. The molecule has 0 saturated heterocycles. The van der Waals surface area contributed by atoms with Gasteiger partial charge in [-0.15, -0.1) is 0 Å². The monoisotopic (exact) mass is 190 g/mol. The van der Waals surface area contributed by atoms with Gasteiger partial charge in [-0.05, 0) is 6.42 Å². The molecule has 74 valence electrons. The van der Waals surface area contributed by atoms with E-state index in [0.29, 0.717) is 0 Å². The predicted octanol–water partition coefficient (Wildman–Crippen LogP) is 3.07. The van der Waals surface area contributed by atoms with Crippen LogP contribution in [0.4, 0.5) is 22.0 Å². The van der Waals surface area contributed by atoms with Crippen molar-refractivity contribution in [2.45, 2.75) is 38.0 Å². The van der Waals surface area contributed by atoms with E-state index in [1.165, 1.54) is 6.92 Å². The Kier molecular flexibility index (Phi) is 4.49. The number of halogens is 5. The fourth-order valence-electron chi connectivity index (χ4n) is 0.757. The highest BCUT2D eigenvalue weighted by Gasteiger charge is 2.47.